The molecule has 3 nitrogen and oxygen atoms in total. The molecule has 0 radical (unpaired) electrons. The molecule has 2 atom stereocenters. The Labute approximate surface area is 112 Å². The van der Waals surface area contributed by atoms with Crippen LogP contribution in [0.3, 0.4) is 0 Å². The van der Waals surface area contributed by atoms with Gasteiger partial charge in [0.1, 0.15) is 6.61 Å². The van der Waals surface area contributed by atoms with Crippen LogP contribution in [-0.2, 0) is 4.74 Å². The Hall–Kier alpha value is -0.330. The van der Waals surface area contributed by atoms with Crippen molar-refractivity contribution < 1.29 is 17.9 Å². The fourth-order valence-electron chi connectivity index (χ4n) is 2.98. The summed E-state index contributed by atoms with van der Waals surface area (Å²) in [4.78, 5) is 0. The average Bonchev–Trinajstić information content (AvgIpc) is 2.37. The molecule has 0 spiro atoms. The van der Waals surface area contributed by atoms with Crippen LogP contribution in [0.2, 0.25) is 0 Å². The Morgan fingerprint density at radius 1 is 1.05 bits per heavy atom. The summed E-state index contributed by atoms with van der Waals surface area (Å²) in [5, 5.41) is 6.89. The molecule has 1 heterocycles. The predicted octanol–water partition coefficient (Wildman–Crippen LogP) is 2.22. The molecule has 1 saturated heterocycles. The normalized spacial score (nSPS) is 30.5. The number of hydrogen-bond donors (Lipinski definition) is 2. The minimum atomic E-state index is -4.21. The van der Waals surface area contributed by atoms with Crippen molar-refractivity contribution in [3.05, 3.63) is 0 Å². The van der Waals surface area contributed by atoms with Crippen LogP contribution >= 0.6 is 0 Å². The lowest BCUT2D eigenvalue weighted by Crippen LogP contribution is -2.47. The molecule has 19 heavy (non-hydrogen) atoms. The number of nitrogens with one attached hydrogen (secondary N) is 2. The van der Waals surface area contributed by atoms with Crippen LogP contribution in [0.25, 0.3) is 0 Å². The first-order chi connectivity index (χ1) is 9.03. The lowest BCUT2D eigenvalue weighted by atomic mass is 9.91. The molecule has 112 valence electrons. The molecule has 6 heteroatoms. The standard InChI is InChI=1S/C13H23F3N2O/c14-13(15,16)9-19-12-3-1-2-11(8-12)18-10-4-6-17-7-5-10/h10-12,17-18H,1-9H2. The zero-order valence-electron chi connectivity index (χ0n) is 11.1. The monoisotopic (exact) mass is 280 g/mol. The molecular weight excluding hydrogens is 257 g/mol. The van der Waals surface area contributed by atoms with Gasteiger partial charge in [0.2, 0.25) is 0 Å². The number of halogens is 3. The lowest BCUT2D eigenvalue weighted by molar-refractivity contribution is -0.188. The molecule has 2 aliphatic rings. The van der Waals surface area contributed by atoms with E-state index in [-0.39, 0.29) is 6.10 Å². The maximum Gasteiger partial charge on any atom is 0.411 e. The molecule has 0 aromatic heterocycles. The van der Waals surface area contributed by atoms with E-state index < -0.39 is 12.8 Å². The van der Waals surface area contributed by atoms with Gasteiger partial charge in [0, 0.05) is 12.1 Å². The van der Waals surface area contributed by atoms with Gasteiger partial charge in [-0.25, -0.2) is 0 Å². The zero-order chi connectivity index (χ0) is 13.7. The van der Waals surface area contributed by atoms with Crippen molar-refractivity contribution in [2.45, 2.75) is 62.9 Å². The largest absolute Gasteiger partial charge is 0.411 e. The van der Waals surface area contributed by atoms with Gasteiger partial charge in [-0.05, 0) is 51.6 Å². The predicted molar refractivity (Wildman–Crippen MR) is 67.1 cm³/mol. The first-order valence-electron chi connectivity index (χ1n) is 7.18. The highest BCUT2D eigenvalue weighted by Gasteiger charge is 2.31. The van der Waals surface area contributed by atoms with E-state index in [0.29, 0.717) is 18.5 Å². The topological polar surface area (TPSA) is 33.3 Å². The fourth-order valence-corrected chi connectivity index (χ4v) is 2.98. The van der Waals surface area contributed by atoms with Crippen molar-refractivity contribution in [3.8, 4) is 0 Å². The van der Waals surface area contributed by atoms with Gasteiger partial charge in [0.05, 0.1) is 6.10 Å². The number of ether oxygens (including phenoxy) is 1. The molecule has 2 rings (SSSR count). The van der Waals surface area contributed by atoms with E-state index in [9.17, 15) is 13.2 Å². The van der Waals surface area contributed by atoms with Gasteiger partial charge in [-0.15, -0.1) is 0 Å². The molecule has 2 N–H and O–H groups in total. The summed E-state index contributed by atoms with van der Waals surface area (Å²) in [6, 6.07) is 0.822. The minimum Gasteiger partial charge on any atom is -0.369 e. The average molecular weight is 280 g/mol. The quantitative estimate of drug-likeness (QED) is 0.828. The molecule has 0 aromatic rings. The summed E-state index contributed by atoms with van der Waals surface area (Å²) in [6.45, 7) is 0.939. The molecular formula is C13H23F3N2O. The Morgan fingerprint density at radius 3 is 2.47 bits per heavy atom. The summed E-state index contributed by atoms with van der Waals surface area (Å²) in [5.74, 6) is 0. The SMILES string of the molecule is FC(F)(F)COC1CCCC(NC2CCNCC2)C1. The van der Waals surface area contributed by atoms with Crippen LogP contribution in [0.4, 0.5) is 13.2 Å². The lowest BCUT2D eigenvalue weighted by Gasteiger charge is -2.34. The Bertz CT molecular complexity index is 267. The molecule has 2 unspecified atom stereocenters. The van der Waals surface area contributed by atoms with Gasteiger partial charge >= 0.3 is 6.18 Å². The highest BCUT2D eigenvalue weighted by molar-refractivity contribution is 4.84. The second kappa shape index (κ2) is 6.90. The van der Waals surface area contributed by atoms with E-state index in [0.717, 1.165) is 45.2 Å². The maximum absolute atomic E-state index is 12.1. The molecule has 2 fully saturated rings. The molecule has 0 aromatic carbocycles. The Balaban J connectivity index is 1.70. The van der Waals surface area contributed by atoms with E-state index in [1.807, 2.05) is 0 Å². The van der Waals surface area contributed by atoms with Crippen molar-refractivity contribution in [2.24, 2.45) is 0 Å². The highest BCUT2D eigenvalue weighted by atomic mass is 19.4. The van der Waals surface area contributed by atoms with E-state index >= 15 is 0 Å². The fraction of sp³-hybridized carbons (Fsp3) is 1.00. The molecule has 0 amide bonds. The van der Waals surface area contributed by atoms with Crippen LogP contribution in [0.15, 0.2) is 0 Å². The number of piperidine rings is 1. The van der Waals surface area contributed by atoms with Crippen LogP contribution in [0, 0.1) is 0 Å². The van der Waals surface area contributed by atoms with Crippen LogP contribution in [0.1, 0.15) is 38.5 Å². The van der Waals surface area contributed by atoms with Crippen molar-refractivity contribution >= 4 is 0 Å². The summed E-state index contributed by atoms with van der Waals surface area (Å²) in [5.41, 5.74) is 0. The Kier molecular flexibility index (Phi) is 5.47. The summed E-state index contributed by atoms with van der Waals surface area (Å²) < 4.78 is 41.4. The first-order valence-corrected chi connectivity index (χ1v) is 7.18. The first kappa shape index (κ1) is 15.1. The van der Waals surface area contributed by atoms with Crippen molar-refractivity contribution in [1.29, 1.82) is 0 Å². The van der Waals surface area contributed by atoms with Crippen LogP contribution in [-0.4, -0.2) is 44.1 Å². The van der Waals surface area contributed by atoms with Crippen molar-refractivity contribution in [2.75, 3.05) is 19.7 Å². The second-order valence-electron chi connectivity index (χ2n) is 5.60. The van der Waals surface area contributed by atoms with E-state index in [1.54, 1.807) is 0 Å². The Morgan fingerprint density at radius 2 is 1.79 bits per heavy atom. The number of rotatable bonds is 4. The van der Waals surface area contributed by atoms with E-state index in [1.165, 1.54) is 0 Å². The third-order valence-corrected chi connectivity index (χ3v) is 3.92. The maximum atomic E-state index is 12.1. The summed E-state index contributed by atoms with van der Waals surface area (Å²) in [7, 11) is 0. The van der Waals surface area contributed by atoms with Crippen molar-refractivity contribution in [3.63, 3.8) is 0 Å². The number of alkyl halides is 3. The van der Waals surface area contributed by atoms with Crippen LogP contribution < -0.4 is 10.6 Å². The third-order valence-electron chi connectivity index (χ3n) is 3.92. The van der Waals surface area contributed by atoms with Crippen molar-refractivity contribution in [1.82, 2.24) is 10.6 Å². The second-order valence-corrected chi connectivity index (χ2v) is 5.60. The number of hydrogen-bond acceptors (Lipinski definition) is 3. The molecule has 1 saturated carbocycles. The van der Waals surface area contributed by atoms with E-state index in [4.69, 9.17) is 4.74 Å². The smallest absolute Gasteiger partial charge is 0.369 e. The van der Waals surface area contributed by atoms with Crippen LogP contribution in [0.5, 0.6) is 0 Å². The van der Waals surface area contributed by atoms with Gasteiger partial charge in [-0.1, -0.05) is 0 Å². The minimum absolute atomic E-state index is 0.241. The third kappa shape index (κ3) is 5.67. The molecule has 1 aliphatic carbocycles. The van der Waals surface area contributed by atoms with Gasteiger partial charge in [-0.2, -0.15) is 13.2 Å². The zero-order valence-corrected chi connectivity index (χ0v) is 11.1. The van der Waals surface area contributed by atoms with Gasteiger partial charge in [0.15, 0.2) is 0 Å². The highest BCUT2D eigenvalue weighted by Crippen LogP contribution is 2.25. The van der Waals surface area contributed by atoms with Gasteiger partial charge < -0.3 is 15.4 Å². The van der Waals surface area contributed by atoms with Gasteiger partial charge in [-0.3, -0.25) is 0 Å². The van der Waals surface area contributed by atoms with E-state index in [2.05, 4.69) is 10.6 Å². The summed E-state index contributed by atoms with van der Waals surface area (Å²) >= 11 is 0. The summed E-state index contributed by atoms with van der Waals surface area (Å²) in [6.07, 6.45) is 1.21. The molecule has 0 bridgehead atoms. The molecule has 1 aliphatic heterocycles. The van der Waals surface area contributed by atoms with Gasteiger partial charge in [0.25, 0.3) is 0 Å².